The molecule has 2 aliphatic rings. The van der Waals surface area contributed by atoms with Gasteiger partial charge >= 0.3 is 0 Å². The number of ether oxygens (including phenoxy) is 1. The summed E-state index contributed by atoms with van der Waals surface area (Å²) in [5.41, 5.74) is 3.05. The minimum Gasteiger partial charge on any atom is -0.378 e. The molecule has 7 nitrogen and oxygen atoms in total. The maximum absolute atomic E-state index is 11.8. The predicted molar refractivity (Wildman–Crippen MR) is 83.6 cm³/mol. The number of rotatable bonds is 2. The Labute approximate surface area is 131 Å². The van der Waals surface area contributed by atoms with Gasteiger partial charge in [-0.05, 0) is 18.9 Å². The van der Waals surface area contributed by atoms with Crippen molar-refractivity contribution in [2.45, 2.75) is 19.8 Å². The van der Waals surface area contributed by atoms with Crippen molar-refractivity contribution in [2.75, 3.05) is 50.5 Å². The molecule has 22 heavy (non-hydrogen) atoms. The Bertz CT molecular complexity index is 656. The van der Waals surface area contributed by atoms with E-state index < -0.39 is 10.0 Å². The van der Waals surface area contributed by atoms with Gasteiger partial charge in [-0.2, -0.15) is 0 Å². The van der Waals surface area contributed by atoms with Crippen LogP contribution in [-0.2, 0) is 27.6 Å². The molecule has 1 saturated heterocycles. The molecule has 0 amide bonds. The molecule has 2 aliphatic heterocycles. The smallest absolute Gasteiger partial charge is 0.225 e. The largest absolute Gasteiger partial charge is 0.378 e. The Morgan fingerprint density at radius 3 is 2.41 bits per heavy atom. The number of morpholine rings is 1. The Morgan fingerprint density at radius 1 is 1.05 bits per heavy atom. The van der Waals surface area contributed by atoms with Gasteiger partial charge in [0.05, 0.1) is 25.2 Å². The van der Waals surface area contributed by atoms with Gasteiger partial charge in [-0.3, -0.25) is 0 Å². The van der Waals surface area contributed by atoms with Crippen molar-refractivity contribution in [1.82, 2.24) is 14.3 Å². The first-order valence-corrected chi connectivity index (χ1v) is 9.44. The van der Waals surface area contributed by atoms with Gasteiger partial charge < -0.3 is 9.64 Å². The highest BCUT2D eigenvalue weighted by Crippen LogP contribution is 2.21. The molecule has 0 bridgehead atoms. The molecule has 0 atom stereocenters. The summed E-state index contributed by atoms with van der Waals surface area (Å²) < 4.78 is 30.4. The van der Waals surface area contributed by atoms with Crippen LogP contribution in [0.5, 0.6) is 0 Å². The van der Waals surface area contributed by atoms with E-state index in [-0.39, 0.29) is 0 Å². The molecule has 0 spiro atoms. The molecule has 0 unspecified atom stereocenters. The van der Waals surface area contributed by atoms with Gasteiger partial charge in [0.1, 0.15) is 0 Å². The molecule has 0 aromatic carbocycles. The Morgan fingerprint density at radius 2 is 1.73 bits per heavy atom. The van der Waals surface area contributed by atoms with Crippen LogP contribution in [0.3, 0.4) is 0 Å². The number of anilines is 1. The SMILES string of the molecule is Cc1nc(N2CCOCC2)nc2c1CCN(S(C)(=O)=O)CC2. The van der Waals surface area contributed by atoms with E-state index in [9.17, 15) is 8.42 Å². The summed E-state index contributed by atoms with van der Waals surface area (Å²) in [6.07, 6.45) is 2.58. The first-order chi connectivity index (χ1) is 10.4. The lowest BCUT2D eigenvalue weighted by Crippen LogP contribution is -2.37. The topological polar surface area (TPSA) is 75.6 Å². The van der Waals surface area contributed by atoms with Crippen LogP contribution in [0.15, 0.2) is 0 Å². The van der Waals surface area contributed by atoms with E-state index in [0.29, 0.717) is 39.1 Å². The van der Waals surface area contributed by atoms with Gasteiger partial charge in [0.15, 0.2) is 0 Å². The molecular formula is C14H22N4O3S. The Hall–Kier alpha value is -1.25. The third kappa shape index (κ3) is 3.23. The van der Waals surface area contributed by atoms with Crippen molar-refractivity contribution in [2.24, 2.45) is 0 Å². The zero-order valence-electron chi connectivity index (χ0n) is 13.1. The summed E-state index contributed by atoms with van der Waals surface area (Å²) in [6.45, 7) is 5.97. The lowest BCUT2D eigenvalue weighted by atomic mass is 10.1. The van der Waals surface area contributed by atoms with Crippen molar-refractivity contribution in [3.63, 3.8) is 0 Å². The second kappa shape index (κ2) is 6.10. The molecule has 0 radical (unpaired) electrons. The minimum atomic E-state index is -3.15. The average molecular weight is 326 g/mol. The fourth-order valence-corrected chi connectivity index (χ4v) is 3.83. The normalized spacial score (nSPS) is 20.5. The molecule has 0 N–H and O–H groups in total. The third-order valence-corrected chi connectivity index (χ3v) is 5.56. The average Bonchev–Trinajstić information content (AvgIpc) is 2.70. The predicted octanol–water partition coefficient (Wildman–Crippen LogP) is -0.0182. The summed E-state index contributed by atoms with van der Waals surface area (Å²) in [5, 5.41) is 0. The number of aromatic nitrogens is 2. The van der Waals surface area contributed by atoms with E-state index in [4.69, 9.17) is 9.72 Å². The molecule has 3 heterocycles. The molecule has 0 saturated carbocycles. The molecule has 122 valence electrons. The number of hydrogen-bond acceptors (Lipinski definition) is 6. The van der Waals surface area contributed by atoms with Crippen LogP contribution in [-0.4, -0.2) is 68.3 Å². The van der Waals surface area contributed by atoms with E-state index in [0.717, 1.165) is 36.0 Å². The molecule has 3 rings (SSSR count). The second-order valence-corrected chi connectivity index (χ2v) is 7.78. The van der Waals surface area contributed by atoms with Gasteiger partial charge in [-0.25, -0.2) is 22.7 Å². The Balaban J connectivity index is 1.87. The highest BCUT2D eigenvalue weighted by molar-refractivity contribution is 7.88. The molecule has 1 aromatic heterocycles. The first kappa shape index (κ1) is 15.6. The quantitative estimate of drug-likeness (QED) is 0.760. The third-order valence-electron chi connectivity index (χ3n) is 4.26. The van der Waals surface area contributed by atoms with Gasteiger partial charge in [-0.1, -0.05) is 0 Å². The summed E-state index contributed by atoms with van der Waals surface area (Å²) in [7, 11) is -3.15. The zero-order chi connectivity index (χ0) is 15.7. The van der Waals surface area contributed by atoms with E-state index in [1.807, 2.05) is 6.92 Å². The highest BCUT2D eigenvalue weighted by atomic mass is 32.2. The van der Waals surface area contributed by atoms with Crippen LogP contribution >= 0.6 is 0 Å². The standard InChI is InChI=1S/C14H22N4O3S/c1-11-12-3-5-18(22(2,19)20)6-4-13(12)16-14(15-11)17-7-9-21-10-8-17/h3-10H2,1-2H3. The van der Waals surface area contributed by atoms with Crippen molar-refractivity contribution < 1.29 is 13.2 Å². The van der Waals surface area contributed by atoms with Crippen molar-refractivity contribution in [1.29, 1.82) is 0 Å². The van der Waals surface area contributed by atoms with Crippen LogP contribution in [0.25, 0.3) is 0 Å². The van der Waals surface area contributed by atoms with E-state index in [2.05, 4.69) is 9.88 Å². The van der Waals surface area contributed by atoms with E-state index >= 15 is 0 Å². The van der Waals surface area contributed by atoms with Gasteiger partial charge in [0.25, 0.3) is 0 Å². The van der Waals surface area contributed by atoms with Gasteiger partial charge in [0, 0.05) is 38.3 Å². The lowest BCUT2D eigenvalue weighted by Gasteiger charge is -2.27. The maximum atomic E-state index is 11.8. The Kier molecular flexibility index (Phi) is 4.33. The summed E-state index contributed by atoms with van der Waals surface area (Å²) in [4.78, 5) is 11.5. The minimum absolute atomic E-state index is 0.491. The number of nitrogens with zero attached hydrogens (tertiary/aromatic N) is 4. The van der Waals surface area contributed by atoms with Gasteiger partial charge in [-0.15, -0.1) is 0 Å². The van der Waals surface area contributed by atoms with Crippen LogP contribution in [0.1, 0.15) is 17.0 Å². The van der Waals surface area contributed by atoms with Crippen LogP contribution < -0.4 is 4.90 Å². The summed E-state index contributed by atoms with van der Waals surface area (Å²) in [6, 6.07) is 0. The highest BCUT2D eigenvalue weighted by Gasteiger charge is 2.24. The van der Waals surface area contributed by atoms with Gasteiger partial charge in [0.2, 0.25) is 16.0 Å². The molecule has 0 aliphatic carbocycles. The van der Waals surface area contributed by atoms with E-state index in [1.165, 1.54) is 10.6 Å². The fraction of sp³-hybridized carbons (Fsp3) is 0.714. The summed E-state index contributed by atoms with van der Waals surface area (Å²) in [5.74, 6) is 0.743. The zero-order valence-corrected chi connectivity index (χ0v) is 13.9. The van der Waals surface area contributed by atoms with Crippen LogP contribution in [0.4, 0.5) is 5.95 Å². The van der Waals surface area contributed by atoms with E-state index in [1.54, 1.807) is 0 Å². The molecule has 8 heteroatoms. The number of aryl methyl sites for hydroxylation is 1. The lowest BCUT2D eigenvalue weighted by molar-refractivity contribution is 0.122. The second-order valence-electron chi connectivity index (χ2n) is 5.80. The number of hydrogen-bond donors (Lipinski definition) is 0. The first-order valence-electron chi connectivity index (χ1n) is 7.59. The fourth-order valence-electron chi connectivity index (χ4n) is 2.99. The van der Waals surface area contributed by atoms with Crippen LogP contribution in [0, 0.1) is 6.92 Å². The number of fused-ring (bicyclic) bond motifs is 1. The maximum Gasteiger partial charge on any atom is 0.225 e. The molecule has 1 fully saturated rings. The van der Waals surface area contributed by atoms with Crippen LogP contribution in [0.2, 0.25) is 0 Å². The summed E-state index contributed by atoms with van der Waals surface area (Å²) >= 11 is 0. The van der Waals surface area contributed by atoms with Crippen molar-refractivity contribution >= 4 is 16.0 Å². The monoisotopic (exact) mass is 326 g/mol. The molecule has 1 aromatic rings. The number of sulfonamides is 1. The van der Waals surface area contributed by atoms with Crippen molar-refractivity contribution in [3.8, 4) is 0 Å². The van der Waals surface area contributed by atoms with Crippen molar-refractivity contribution in [3.05, 3.63) is 17.0 Å². The molecular weight excluding hydrogens is 304 g/mol.